The molecule has 0 aliphatic carbocycles. The predicted octanol–water partition coefficient (Wildman–Crippen LogP) is 1.45. The first-order valence-corrected chi connectivity index (χ1v) is 6.76. The summed E-state index contributed by atoms with van der Waals surface area (Å²) >= 11 is 0. The van der Waals surface area contributed by atoms with Crippen molar-refractivity contribution in [2.45, 2.75) is 71.2 Å². The molecule has 2 N–H and O–H groups in total. The van der Waals surface area contributed by atoms with Crippen molar-refractivity contribution < 1.29 is 9.53 Å². The third kappa shape index (κ3) is 4.28. The quantitative estimate of drug-likeness (QED) is 0.741. The second-order valence-corrected chi connectivity index (χ2v) is 4.88. The van der Waals surface area contributed by atoms with Crippen LogP contribution in [-0.2, 0) is 9.53 Å². The van der Waals surface area contributed by atoms with Gasteiger partial charge in [-0.1, -0.05) is 13.8 Å². The van der Waals surface area contributed by atoms with Gasteiger partial charge in [0.05, 0.1) is 12.1 Å². The number of hydrogen-bond acceptors (Lipinski definition) is 3. The average molecular weight is 242 g/mol. The van der Waals surface area contributed by atoms with Crippen LogP contribution in [0.3, 0.4) is 0 Å². The predicted molar refractivity (Wildman–Crippen MR) is 68.9 cm³/mol. The molecule has 1 aliphatic rings. The van der Waals surface area contributed by atoms with Crippen molar-refractivity contribution in [2.75, 3.05) is 6.61 Å². The highest BCUT2D eigenvalue weighted by atomic mass is 16.5. The molecule has 1 fully saturated rings. The SMILES string of the molecule is CCC(CC)NC(=O)C(C)NC1CCOC1C. The molecule has 1 heterocycles. The van der Waals surface area contributed by atoms with E-state index in [2.05, 4.69) is 31.4 Å². The molecule has 1 amide bonds. The van der Waals surface area contributed by atoms with Gasteiger partial charge in [0.25, 0.3) is 0 Å². The molecule has 0 bridgehead atoms. The van der Waals surface area contributed by atoms with Gasteiger partial charge in [-0.3, -0.25) is 4.79 Å². The van der Waals surface area contributed by atoms with Gasteiger partial charge >= 0.3 is 0 Å². The summed E-state index contributed by atoms with van der Waals surface area (Å²) in [5, 5.41) is 6.41. The molecule has 4 heteroatoms. The van der Waals surface area contributed by atoms with Crippen LogP contribution < -0.4 is 10.6 Å². The minimum Gasteiger partial charge on any atom is -0.377 e. The van der Waals surface area contributed by atoms with E-state index in [1.807, 2.05) is 6.92 Å². The molecule has 0 aromatic rings. The second kappa shape index (κ2) is 6.97. The van der Waals surface area contributed by atoms with Crippen LogP contribution in [0.1, 0.15) is 47.0 Å². The van der Waals surface area contributed by atoms with Crippen molar-refractivity contribution >= 4 is 5.91 Å². The molecule has 3 unspecified atom stereocenters. The molecule has 1 aliphatic heterocycles. The van der Waals surface area contributed by atoms with Crippen LogP contribution in [0.2, 0.25) is 0 Å². The van der Waals surface area contributed by atoms with Crippen molar-refractivity contribution in [1.82, 2.24) is 10.6 Å². The summed E-state index contributed by atoms with van der Waals surface area (Å²) < 4.78 is 5.48. The van der Waals surface area contributed by atoms with E-state index < -0.39 is 0 Å². The van der Waals surface area contributed by atoms with Gasteiger partial charge in [0.15, 0.2) is 0 Å². The minimum atomic E-state index is -0.148. The van der Waals surface area contributed by atoms with Crippen molar-refractivity contribution in [3.05, 3.63) is 0 Å². The summed E-state index contributed by atoms with van der Waals surface area (Å²) in [5.41, 5.74) is 0. The average Bonchev–Trinajstić information content (AvgIpc) is 2.71. The van der Waals surface area contributed by atoms with Gasteiger partial charge in [0.1, 0.15) is 0 Å². The van der Waals surface area contributed by atoms with Gasteiger partial charge in [-0.2, -0.15) is 0 Å². The first-order valence-electron chi connectivity index (χ1n) is 6.76. The highest BCUT2D eigenvalue weighted by Gasteiger charge is 2.27. The van der Waals surface area contributed by atoms with Crippen molar-refractivity contribution in [3.8, 4) is 0 Å². The van der Waals surface area contributed by atoms with Crippen LogP contribution in [-0.4, -0.2) is 36.7 Å². The molecule has 0 radical (unpaired) electrons. The third-order valence-electron chi connectivity index (χ3n) is 3.57. The Kier molecular flexibility index (Phi) is 5.92. The summed E-state index contributed by atoms with van der Waals surface area (Å²) in [7, 11) is 0. The molecule has 0 saturated carbocycles. The molecule has 1 rings (SSSR count). The fourth-order valence-corrected chi connectivity index (χ4v) is 2.17. The summed E-state index contributed by atoms with van der Waals surface area (Å²) in [4.78, 5) is 12.0. The van der Waals surface area contributed by atoms with Gasteiger partial charge in [-0.15, -0.1) is 0 Å². The van der Waals surface area contributed by atoms with Crippen LogP contribution in [0, 0.1) is 0 Å². The Morgan fingerprint density at radius 3 is 2.53 bits per heavy atom. The van der Waals surface area contributed by atoms with Gasteiger partial charge in [0.2, 0.25) is 5.91 Å². The standard InChI is InChI=1S/C13H26N2O2/c1-5-11(6-2)15-13(16)9(3)14-12-7-8-17-10(12)4/h9-12,14H,5-8H2,1-4H3,(H,15,16). The number of ether oxygens (including phenoxy) is 1. The number of rotatable bonds is 6. The molecular formula is C13H26N2O2. The van der Waals surface area contributed by atoms with Gasteiger partial charge in [0, 0.05) is 18.7 Å². The first kappa shape index (κ1) is 14.5. The smallest absolute Gasteiger partial charge is 0.237 e. The zero-order chi connectivity index (χ0) is 12.8. The Hall–Kier alpha value is -0.610. The normalized spacial score (nSPS) is 26.2. The number of hydrogen-bond donors (Lipinski definition) is 2. The molecule has 3 atom stereocenters. The molecule has 100 valence electrons. The number of carbonyl (C=O) groups excluding carboxylic acids is 1. The Bertz CT molecular complexity index is 242. The second-order valence-electron chi connectivity index (χ2n) is 4.88. The Morgan fingerprint density at radius 1 is 1.41 bits per heavy atom. The monoisotopic (exact) mass is 242 g/mol. The molecule has 1 saturated heterocycles. The maximum Gasteiger partial charge on any atom is 0.237 e. The molecular weight excluding hydrogens is 216 g/mol. The summed E-state index contributed by atoms with van der Waals surface area (Å²) in [6.07, 6.45) is 3.16. The number of nitrogens with one attached hydrogen (secondary N) is 2. The third-order valence-corrected chi connectivity index (χ3v) is 3.57. The van der Waals surface area contributed by atoms with Gasteiger partial charge in [-0.25, -0.2) is 0 Å². The van der Waals surface area contributed by atoms with Crippen LogP contribution in [0.5, 0.6) is 0 Å². The maximum absolute atomic E-state index is 12.0. The highest BCUT2D eigenvalue weighted by molar-refractivity contribution is 5.81. The Morgan fingerprint density at radius 2 is 2.06 bits per heavy atom. The lowest BCUT2D eigenvalue weighted by Crippen LogP contribution is -2.50. The topological polar surface area (TPSA) is 50.4 Å². The summed E-state index contributed by atoms with van der Waals surface area (Å²) in [6, 6.07) is 0.450. The number of carbonyl (C=O) groups is 1. The van der Waals surface area contributed by atoms with Crippen LogP contribution in [0.25, 0.3) is 0 Å². The van der Waals surface area contributed by atoms with Crippen LogP contribution >= 0.6 is 0 Å². The minimum absolute atomic E-state index is 0.0952. The fraction of sp³-hybridized carbons (Fsp3) is 0.923. The fourth-order valence-electron chi connectivity index (χ4n) is 2.17. The zero-order valence-electron chi connectivity index (χ0n) is 11.5. The molecule has 17 heavy (non-hydrogen) atoms. The molecule has 0 spiro atoms. The van der Waals surface area contributed by atoms with Gasteiger partial charge in [-0.05, 0) is 33.1 Å². The lowest BCUT2D eigenvalue weighted by Gasteiger charge is -2.23. The van der Waals surface area contributed by atoms with Gasteiger partial charge < -0.3 is 15.4 Å². The molecule has 0 aromatic heterocycles. The van der Waals surface area contributed by atoms with E-state index in [1.165, 1.54) is 0 Å². The first-order chi connectivity index (χ1) is 8.08. The van der Waals surface area contributed by atoms with E-state index in [-0.39, 0.29) is 18.1 Å². The van der Waals surface area contributed by atoms with E-state index in [0.29, 0.717) is 12.1 Å². The van der Waals surface area contributed by atoms with E-state index in [4.69, 9.17) is 4.74 Å². The van der Waals surface area contributed by atoms with E-state index in [0.717, 1.165) is 25.9 Å². The van der Waals surface area contributed by atoms with Crippen molar-refractivity contribution in [1.29, 1.82) is 0 Å². The largest absolute Gasteiger partial charge is 0.377 e. The van der Waals surface area contributed by atoms with Crippen LogP contribution in [0.15, 0.2) is 0 Å². The van der Waals surface area contributed by atoms with E-state index in [9.17, 15) is 4.79 Å². The Labute approximate surface area is 104 Å². The lowest BCUT2D eigenvalue weighted by molar-refractivity contribution is -0.123. The lowest BCUT2D eigenvalue weighted by atomic mass is 10.1. The summed E-state index contributed by atoms with van der Waals surface area (Å²) in [5.74, 6) is 0.0952. The zero-order valence-corrected chi connectivity index (χ0v) is 11.5. The number of amides is 1. The Balaban J connectivity index is 2.35. The van der Waals surface area contributed by atoms with E-state index >= 15 is 0 Å². The highest BCUT2D eigenvalue weighted by Crippen LogP contribution is 2.13. The van der Waals surface area contributed by atoms with E-state index in [1.54, 1.807) is 0 Å². The molecule has 4 nitrogen and oxygen atoms in total. The summed E-state index contributed by atoms with van der Waals surface area (Å²) in [6.45, 7) is 8.96. The van der Waals surface area contributed by atoms with Crippen LogP contribution in [0.4, 0.5) is 0 Å². The molecule has 0 aromatic carbocycles. The maximum atomic E-state index is 12.0. The van der Waals surface area contributed by atoms with Crippen molar-refractivity contribution in [2.24, 2.45) is 0 Å². The van der Waals surface area contributed by atoms with Crippen molar-refractivity contribution in [3.63, 3.8) is 0 Å².